The molecule has 1 aromatic carbocycles. The Bertz CT molecular complexity index is 555. The van der Waals surface area contributed by atoms with Crippen LogP contribution in [-0.4, -0.2) is 22.2 Å². The Morgan fingerprint density at radius 1 is 1.21 bits per heavy atom. The van der Waals surface area contributed by atoms with E-state index >= 15 is 0 Å². The Kier molecular flexibility index (Phi) is 4.36. The van der Waals surface area contributed by atoms with Crippen molar-refractivity contribution in [2.45, 2.75) is 6.10 Å². The molecule has 2 aromatic rings. The minimum Gasteiger partial charge on any atom is -0.378 e. The van der Waals surface area contributed by atoms with Gasteiger partial charge in [-0.3, -0.25) is 9.78 Å². The Balaban J connectivity index is 1.93. The Morgan fingerprint density at radius 3 is 2.58 bits per heavy atom. The van der Waals surface area contributed by atoms with E-state index in [-0.39, 0.29) is 0 Å². The highest BCUT2D eigenvalue weighted by atomic mass is 16.3. The lowest BCUT2D eigenvalue weighted by atomic mass is 10.1. The summed E-state index contributed by atoms with van der Waals surface area (Å²) in [5.74, 6) is -0.573. The number of amides is 1. The molecule has 1 aromatic heterocycles. The molecule has 1 heterocycles. The molecule has 5 heteroatoms. The van der Waals surface area contributed by atoms with Gasteiger partial charge in [-0.05, 0) is 23.3 Å². The van der Waals surface area contributed by atoms with Crippen LogP contribution in [0.2, 0.25) is 0 Å². The lowest BCUT2D eigenvalue weighted by Gasteiger charge is -2.08. The third-order valence-electron chi connectivity index (χ3n) is 2.46. The zero-order chi connectivity index (χ0) is 13.5. The number of pyridine rings is 1. The number of nitrogens with one attached hydrogen (secondary N) is 1. The second-order valence-corrected chi connectivity index (χ2v) is 3.83. The predicted octanol–water partition coefficient (Wildman–Crippen LogP) is 1.27. The number of rotatable bonds is 4. The van der Waals surface area contributed by atoms with Gasteiger partial charge in [0.15, 0.2) is 6.10 Å². The molecule has 5 nitrogen and oxygen atoms in total. The summed E-state index contributed by atoms with van der Waals surface area (Å²) in [6.45, 7) is 0. The Morgan fingerprint density at radius 2 is 1.89 bits per heavy atom. The molecule has 2 N–H and O–H groups in total. The van der Waals surface area contributed by atoms with Crippen LogP contribution in [0.1, 0.15) is 17.2 Å². The van der Waals surface area contributed by atoms with Crippen LogP contribution in [0.3, 0.4) is 0 Å². The summed E-state index contributed by atoms with van der Waals surface area (Å²) in [5.41, 5.74) is 3.63. The van der Waals surface area contributed by atoms with Crippen molar-refractivity contribution in [1.29, 1.82) is 0 Å². The molecule has 0 unspecified atom stereocenters. The van der Waals surface area contributed by atoms with Gasteiger partial charge in [0.05, 0.1) is 6.21 Å². The summed E-state index contributed by atoms with van der Waals surface area (Å²) in [4.78, 5) is 15.5. The first-order chi connectivity index (χ1) is 9.27. The molecular weight excluding hydrogens is 242 g/mol. The average Bonchev–Trinajstić information content (AvgIpc) is 2.48. The third-order valence-corrected chi connectivity index (χ3v) is 2.46. The van der Waals surface area contributed by atoms with Crippen LogP contribution >= 0.6 is 0 Å². The highest BCUT2D eigenvalue weighted by Crippen LogP contribution is 2.11. The molecule has 0 radical (unpaired) electrons. The van der Waals surface area contributed by atoms with Crippen LogP contribution in [0.4, 0.5) is 0 Å². The maximum absolute atomic E-state index is 11.6. The maximum Gasteiger partial charge on any atom is 0.273 e. The van der Waals surface area contributed by atoms with E-state index in [2.05, 4.69) is 15.5 Å². The van der Waals surface area contributed by atoms with Crippen molar-refractivity contribution >= 4 is 12.1 Å². The first kappa shape index (κ1) is 12.9. The topological polar surface area (TPSA) is 74.6 Å². The number of hydrogen-bond donors (Lipinski definition) is 2. The van der Waals surface area contributed by atoms with Gasteiger partial charge in [-0.1, -0.05) is 30.3 Å². The van der Waals surface area contributed by atoms with Crippen LogP contribution in [0, 0.1) is 0 Å². The van der Waals surface area contributed by atoms with Crippen LogP contribution in [0.15, 0.2) is 60.0 Å². The number of carbonyl (C=O) groups is 1. The van der Waals surface area contributed by atoms with Crippen LogP contribution in [0.5, 0.6) is 0 Å². The SMILES string of the molecule is O=C(NN=Cc1ccncc1)[C@H](O)c1ccccc1. The summed E-state index contributed by atoms with van der Waals surface area (Å²) in [6.07, 6.45) is 3.51. The van der Waals surface area contributed by atoms with E-state index in [4.69, 9.17) is 0 Å². The minimum atomic E-state index is -1.23. The molecule has 0 aliphatic carbocycles. The van der Waals surface area contributed by atoms with E-state index in [1.807, 2.05) is 6.07 Å². The molecule has 0 aliphatic heterocycles. The normalized spacial score (nSPS) is 12.3. The second-order valence-electron chi connectivity index (χ2n) is 3.83. The molecule has 0 saturated heterocycles. The molecule has 0 bridgehead atoms. The average molecular weight is 255 g/mol. The van der Waals surface area contributed by atoms with Crippen molar-refractivity contribution in [2.24, 2.45) is 5.10 Å². The van der Waals surface area contributed by atoms with E-state index in [0.29, 0.717) is 5.56 Å². The van der Waals surface area contributed by atoms with Crippen molar-refractivity contribution < 1.29 is 9.90 Å². The highest BCUT2D eigenvalue weighted by molar-refractivity contribution is 5.84. The van der Waals surface area contributed by atoms with Crippen molar-refractivity contribution in [1.82, 2.24) is 10.4 Å². The zero-order valence-corrected chi connectivity index (χ0v) is 10.1. The minimum absolute atomic E-state index is 0.527. The van der Waals surface area contributed by atoms with Gasteiger partial charge < -0.3 is 5.11 Å². The Hall–Kier alpha value is -2.53. The van der Waals surface area contributed by atoms with Gasteiger partial charge in [-0.25, -0.2) is 5.43 Å². The summed E-state index contributed by atoms with van der Waals surface area (Å²) >= 11 is 0. The molecule has 1 atom stereocenters. The van der Waals surface area contributed by atoms with Crippen LogP contribution < -0.4 is 5.43 Å². The van der Waals surface area contributed by atoms with Crippen LogP contribution in [0.25, 0.3) is 0 Å². The monoisotopic (exact) mass is 255 g/mol. The van der Waals surface area contributed by atoms with Gasteiger partial charge >= 0.3 is 0 Å². The van der Waals surface area contributed by atoms with Crippen molar-refractivity contribution in [2.75, 3.05) is 0 Å². The second kappa shape index (κ2) is 6.42. The van der Waals surface area contributed by atoms with Gasteiger partial charge in [0.1, 0.15) is 0 Å². The molecule has 0 saturated carbocycles. The molecule has 0 spiro atoms. The van der Waals surface area contributed by atoms with Crippen molar-refractivity contribution in [3.8, 4) is 0 Å². The summed E-state index contributed by atoms with van der Waals surface area (Å²) in [6, 6.07) is 12.2. The number of benzene rings is 1. The fourth-order valence-electron chi connectivity index (χ4n) is 1.47. The van der Waals surface area contributed by atoms with E-state index in [1.165, 1.54) is 6.21 Å². The highest BCUT2D eigenvalue weighted by Gasteiger charge is 2.15. The van der Waals surface area contributed by atoms with Gasteiger partial charge in [-0.15, -0.1) is 0 Å². The number of hydrazone groups is 1. The standard InChI is InChI=1S/C14H13N3O2/c18-13(12-4-2-1-3-5-12)14(19)17-16-10-11-6-8-15-9-7-11/h1-10,13,18H,(H,17,19)/t13-/m1/s1. The zero-order valence-electron chi connectivity index (χ0n) is 10.1. The summed E-state index contributed by atoms with van der Waals surface area (Å²) in [5, 5.41) is 13.6. The largest absolute Gasteiger partial charge is 0.378 e. The van der Waals surface area contributed by atoms with Gasteiger partial charge in [0.25, 0.3) is 5.91 Å². The molecule has 0 aliphatic rings. The fourth-order valence-corrected chi connectivity index (χ4v) is 1.47. The number of aromatic nitrogens is 1. The van der Waals surface area contributed by atoms with Gasteiger partial charge in [0.2, 0.25) is 0 Å². The molecule has 0 fully saturated rings. The lowest BCUT2D eigenvalue weighted by molar-refractivity contribution is -0.129. The summed E-state index contributed by atoms with van der Waals surface area (Å²) < 4.78 is 0. The smallest absolute Gasteiger partial charge is 0.273 e. The van der Waals surface area contributed by atoms with E-state index < -0.39 is 12.0 Å². The van der Waals surface area contributed by atoms with Gasteiger partial charge in [-0.2, -0.15) is 5.10 Å². The third kappa shape index (κ3) is 3.72. The number of aliphatic hydroxyl groups excluding tert-OH is 1. The first-order valence-electron chi connectivity index (χ1n) is 5.73. The first-order valence-corrected chi connectivity index (χ1v) is 5.73. The number of nitrogens with zero attached hydrogens (tertiary/aromatic N) is 2. The Labute approximate surface area is 110 Å². The molecule has 2 rings (SSSR count). The fraction of sp³-hybridized carbons (Fsp3) is 0.0714. The van der Waals surface area contributed by atoms with Crippen molar-refractivity contribution in [3.05, 3.63) is 66.0 Å². The van der Waals surface area contributed by atoms with Crippen LogP contribution in [-0.2, 0) is 4.79 Å². The van der Waals surface area contributed by atoms with E-state index in [0.717, 1.165) is 5.56 Å². The van der Waals surface area contributed by atoms with Crippen molar-refractivity contribution in [3.63, 3.8) is 0 Å². The summed E-state index contributed by atoms with van der Waals surface area (Å²) in [7, 11) is 0. The molecule has 96 valence electrons. The number of aliphatic hydroxyl groups is 1. The predicted molar refractivity (Wildman–Crippen MR) is 71.4 cm³/mol. The van der Waals surface area contributed by atoms with Gasteiger partial charge in [0, 0.05) is 12.4 Å². The maximum atomic E-state index is 11.6. The lowest BCUT2D eigenvalue weighted by Crippen LogP contribution is -2.25. The quantitative estimate of drug-likeness (QED) is 0.638. The number of carbonyl (C=O) groups excluding carboxylic acids is 1. The van der Waals surface area contributed by atoms with E-state index in [9.17, 15) is 9.90 Å². The number of hydrogen-bond acceptors (Lipinski definition) is 4. The molecule has 19 heavy (non-hydrogen) atoms. The van der Waals surface area contributed by atoms with E-state index in [1.54, 1.807) is 48.8 Å². The molecular formula is C14H13N3O2. The molecule has 1 amide bonds.